The Hall–Kier alpha value is -2.34. The fourth-order valence-electron chi connectivity index (χ4n) is 1.86. The van der Waals surface area contributed by atoms with Crippen molar-refractivity contribution in [3.63, 3.8) is 0 Å². The molecule has 0 aliphatic heterocycles. The lowest BCUT2D eigenvalue weighted by molar-refractivity contribution is 0.0601. The first kappa shape index (κ1) is 14.1. The summed E-state index contributed by atoms with van der Waals surface area (Å²) >= 11 is 0. The highest BCUT2D eigenvalue weighted by Crippen LogP contribution is 2.26. The largest absolute Gasteiger partial charge is 0.465 e. The van der Waals surface area contributed by atoms with Gasteiger partial charge < -0.3 is 15.2 Å². The molecule has 0 unspecified atom stereocenters. The molecule has 0 saturated carbocycles. The lowest BCUT2D eigenvalue weighted by Crippen LogP contribution is -2.04. The Morgan fingerprint density at radius 1 is 1.40 bits per heavy atom. The SMILES string of the molecule is COCCn1cc(-c2cc(C(=O)OC)ccc2N)cn1. The molecule has 0 bridgehead atoms. The Labute approximate surface area is 117 Å². The van der Waals surface area contributed by atoms with Gasteiger partial charge in [0.25, 0.3) is 0 Å². The Morgan fingerprint density at radius 2 is 2.20 bits per heavy atom. The van der Waals surface area contributed by atoms with Crippen LogP contribution in [-0.4, -0.2) is 36.6 Å². The number of nitrogen functional groups attached to an aromatic ring is 1. The molecular weight excluding hydrogens is 258 g/mol. The molecule has 2 N–H and O–H groups in total. The molecule has 106 valence electrons. The average Bonchev–Trinajstić information content (AvgIpc) is 2.93. The van der Waals surface area contributed by atoms with Crippen LogP contribution in [0.25, 0.3) is 11.1 Å². The van der Waals surface area contributed by atoms with Gasteiger partial charge in [-0.3, -0.25) is 4.68 Å². The van der Waals surface area contributed by atoms with Crippen LogP contribution in [0, 0.1) is 0 Å². The number of aromatic nitrogens is 2. The van der Waals surface area contributed by atoms with Crippen molar-refractivity contribution in [3.8, 4) is 11.1 Å². The fourth-order valence-corrected chi connectivity index (χ4v) is 1.86. The smallest absolute Gasteiger partial charge is 0.337 e. The standard InChI is InChI=1S/C14H17N3O3/c1-19-6-5-17-9-11(8-16-17)12-7-10(14(18)20-2)3-4-13(12)15/h3-4,7-9H,5-6,15H2,1-2H3. The second-order valence-electron chi connectivity index (χ2n) is 4.28. The number of carbonyl (C=O) groups excluding carboxylic acids is 1. The van der Waals surface area contributed by atoms with Gasteiger partial charge in [-0.1, -0.05) is 0 Å². The summed E-state index contributed by atoms with van der Waals surface area (Å²) in [6.45, 7) is 1.24. The summed E-state index contributed by atoms with van der Waals surface area (Å²) in [5.41, 5.74) is 8.62. The zero-order valence-electron chi connectivity index (χ0n) is 11.5. The van der Waals surface area contributed by atoms with Gasteiger partial charge in [-0.15, -0.1) is 0 Å². The van der Waals surface area contributed by atoms with Crippen molar-refractivity contribution in [1.29, 1.82) is 0 Å². The molecule has 20 heavy (non-hydrogen) atoms. The van der Waals surface area contributed by atoms with Crippen molar-refractivity contribution in [2.75, 3.05) is 26.6 Å². The van der Waals surface area contributed by atoms with E-state index in [4.69, 9.17) is 15.2 Å². The summed E-state index contributed by atoms with van der Waals surface area (Å²) in [6, 6.07) is 5.03. The average molecular weight is 275 g/mol. The van der Waals surface area contributed by atoms with Gasteiger partial charge in [0.2, 0.25) is 0 Å². The monoisotopic (exact) mass is 275 g/mol. The van der Waals surface area contributed by atoms with Crippen molar-refractivity contribution in [3.05, 3.63) is 36.2 Å². The summed E-state index contributed by atoms with van der Waals surface area (Å²) in [4.78, 5) is 11.6. The predicted molar refractivity (Wildman–Crippen MR) is 75.3 cm³/mol. The first-order valence-corrected chi connectivity index (χ1v) is 6.15. The van der Waals surface area contributed by atoms with Gasteiger partial charge in [0.15, 0.2) is 0 Å². The topological polar surface area (TPSA) is 79.4 Å². The van der Waals surface area contributed by atoms with Crippen molar-refractivity contribution in [2.45, 2.75) is 6.54 Å². The number of rotatable bonds is 5. The summed E-state index contributed by atoms with van der Waals surface area (Å²) in [5, 5.41) is 4.23. The van der Waals surface area contributed by atoms with Crippen LogP contribution >= 0.6 is 0 Å². The van der Waals surface area contributed by atoms with E-state index in [1.54, 1.807) is 36.2 Å². The summed E-state index contributed by atoms with van der Waals surface area (Å²) in [5.74, 6) is -0.391. The molecule has 2 rings (SSSR count). The Balaban J connectivity index is 2.31. The minimum Gasteiger partial charge on any atom is -0.465 e. The molecule has 0 aliphatic carbocycles. The maximum absolute atomic E-state index is 11.6. The maximum atomic E-state index is 11.6. The van der Waals surface area contributed by atoms with Crippen LogP contribution in [-0.2, 0) is 16.0 Å². The van der Waals surface area contributed by atoms with Crippen molar-refractivity contribution < 1.29 is 14.3 Å². The van der Waals surface area contributed by atoms with E-state index >= 15 is 0 Å². The Kier molecular flexibility index (Phi) is 4.37. The van der Waals surface area contributed by atoms with E-state index in [1.165, 1.54) is 7.11 Å². The molecule has 1 aromatic heterocycles. The molecule has 0 aliphatic rings. The second kappa shape index (κ2) is 6.21. The summed E-state index contributed by atoms with van der Waals surface area (Å²) < 4.78 is 11.5. The third-order valence-corrected chi connectivity index (χ3v) is 2.94. The van der Waals surface area contributed by atoms with E-state index in [-0.39, 0.29) is 0 Å². The number of nitrogens with zero attached hydrogens (tertiary/aromatic N) is 2. The van der Waals surface area contributed by atoms with Gasteiger partial charge in [0.1, 0.15) is 0 Å². The van der Waals surface area contributed by atoms with Crippen molar-refractivity contribution in [2.24, 2.45) is 0 Å². The zero-order valence-corrected chi connectivity index (χ0v) is 11.5. The van der Waals surface area contributed by atoms with E-state index in [0.717, 1.165) is 11.1 Å². The molecule has 1 aromatic carbocycles. The summed E-state index contributed by atoms with van der Waals surface area (Å²) in [6.07, 6.45) is 3.58. The van der Waals surface area contributed by atoms with Crippen LogP contribution in [0.3, 0.4) is 0 Å². The molecule has 0 radical (unpaired) electrons. The van der Waals surface area contributed by atoms with E-state index in [9.17, 15) is 4.79 Å². The van der Waals surface area contributed by atoms with E-state index < -0.39 is 5.97 Å². The van der Waals surface area contributed by atoms with Crippen LogP contribution in [0.1, 0.15) is 10.4 Å². The first-order chi connectivity index (χ1) is 9.65. The third-order valence-electron chi connectivity index (χ3n) is 2.94. The molecule has 0 atom stereocenters. The van der Waals surface area contributed by atoms with Crippen LogP contribution in [0.2, 0.25) is 0 Å². The van der Waals surface area contributed by atoms with E-state index in [1.807, 2.05) is 6.20 Å². The number of anilines is 1. The molecule has 0 saturated heterocycles. The number of hydrogen-bond donors (Lipinski definition) is 1. The molecule has 6 nitrogen and oxygen atoms in total. The van der Waals surface area contributed by atoms with Crippen LogP contribution in [0.15, 0.2) is 30.6 Å². The number of methoxy groups -OCH3 is 2. The van der Waals surface area contributed by atoms with Crippen LogP contribution < -0.4 is 5.73 Å². The normalized spacial score (nSPS) is 10.5. The maximum Gasteiger partial charge on any atom is 0.337 e. The molecule has 2 aromatic rings. The number of carbonyl (C=O) groups is 1. The van der Waals surface area contributed by atoms with Crippen molar-refractivity contribution in [1.82, 2.24) is 9.78 Å². The van der Waals surface area contributed by atoms with Gasteiger partial charge in [-0.05, 0) is 18.2 Å². The van der Waals surface area contributed by atoms with Gasteiger partial charge in [0, 0.05) is 30.1 Å². The molecule has 0 spiro atoms. The quantitative estimate of drug-likeness (QED) is 0.661. The highest BCUT2D eigenvalue weighted by molar-refractivity contribution is 5.92. The predicted octanol–water partition coefficient (Wildman–Crippen LogP) is 1.57. The Bertz CT molecular complexity index is 607. The summed E-state index contributed by atoms with van der Waals surface area (Å²) in [7, 11) is 2.99. The lowest BCUT2D eigenvalue weighted by Gasteiger charge is -2.06. The highest BCUT2D eigenvalue weighted by atomic mass is 16.5. The highest BCUT2D eigenvalue weighted by Gasteiger charge is 2.11. The second-order valence-corrected chi connectivity index (χ2v) is 4.28. The fraction of sp³-hybridized carbons (Fsp3) is 0.286. The van der Waals surface area contributed by atoms with E-state index in [0.29, 0.717) is 24.4 Å². The Morgan fingerprint density at radius 3 is 2.90 bits per heavy atom. The van der Waals surface area contributed by atoms with Gasteiger partial charge >= 0.3 is 5.97 Å². The number of benzene rings is 1. The minimum atomic E-state index is -0.391. The number of hydrogen-bond acceptors (Lipinski definition) is 5. The van der Waals surface area contributed by atoms with Crippen LogP contribution in [0.4, 0.5) is 5.69 Å². The van der Waals surface area contributed by atoms with E-state index in [2.05, 4.69) is 5.10 Å². The molecule has 1 heterocycles. The zero-order chi connectivity index (χ0) is 14.5. The van der Waals surface area contributed by atoms with Gasteiger partial charge in [0.05, 0.1) is 32.0 Å². The van der Waals surface area contributed by atoms with Gasteiger partial charge in [-0.25, -0.2) is 4.79 Å². The molecule has 0 amide bonds. The number of esters is 1. The minimum absolute atomic E-state index is 0.391. The van der Waals surface area contributed by atoms with Crippen molar-refractivity contribution >= 4 is 11.7 Å². The molecular formula is C14H17N3O3. The number of ether oxygens (including phenoxy) is 2. The molecule has 0 fully saturated rings. The third kappa shape index (κ3) is 2.97. The van der Waals surface area contributed by atoms with Crippen LogP contribution in [0.5, 0.6) is 0 Å². The first-order valence-electron chi connectivity index (χ1n) is 6.15. The molecule has 6 heteroatoms. The number of nitrogens with two attached hydrogens (primary N) is 1. The lowest BCUT2D eigenvalue weighted by atomic mass is 10.0. The van der Waals surface area contributed by atoms with Gasteiger partial charge in [-0.2, -0.15) is 5.10 Å².